The zero-order chi connectivity index (χ0) is 11.5. The van der Waals surface area contributed by atoms with Gasteiger partial charge in [-0.05, 0) is 6.92 Å². The van der Waals surface area contributed by atoms with Gasteiger partial charge in [-0.3, -0.25) is 14.4 Å². The first-order chi connectivity index (χ1) is 6.21. The lowest BCUT2D eigenvalue weighted by Crippen LogP contribution is -2.38. The minimum Gasteiger partial charge on any atom is -0.468 e. The highest BCUT2D eigenvalue weighted by molar-refractivity contribution is 6.17. The van der Waals surface area contributed by atoms with E-state index in [4.69, 9.17) is 0 Å². The molecule has 4 heteroatoms. The first-order valence-corrected chi connectivity index (χ1v) is 4.34. The number of Topliss-reactive ketones (excluding diaryl/α,β-unsaturated/α-hetero) is 2. The van der Waals surface area contributed by atoms with Crippen LogP contribution in [0.3, 0.4) is 0 Å². The van der Waals surface area contributed by atoms with Crippen LogP contribution >= 0.6 is 0 Å². The second-order valence-electron chi connectivity index (χ2n) is 4.18. The number of carbonyl (C=O) groups excluding carboxylic acids is 3. The van der Waals surface area contributed by atoms with Crippen molar-refractivity contribution in [2.24, 2.45) is 11.3 Å². The molecule has 0 aliphatic heterocycles. The quantitative estimate of drug-likeness (QED) is 0.503. The van der Waals surface area contributed by atoms with Gasteiger partial charge in [0.25, 0.3) is 0 Å². The van der Waals surface area contributed by atoms with Gasteiger partial charge in [0.1, 0.15) is 0 Å². The topological polar surface area (TPSA) is 60.4 Å². The Labute approximate surface area is 83.6 Å². The Bertz CT molecular complexity index is 260. The Hall–Kier alpha value is -1.19. The van der Waals surface area contributed by atoms with Crippen molar-refractivity contribution in [1.29, 1.82) is 0 Å². The molecule has 1 atom stereocenters. The summed E-state index contributed by atoms with van der Waals surface area (Å²) in [5.41, 5.74) is -0.718. The number of esters is 1. The minimum atomic E-state index is -1.28. The zero-order valence-electron chi connectivity index (χ0n) is 9.21. The lowest BCUT2D eigenvalue weighted by molar-refractivity contribution is -0.154. The number of carbonyl (C=O) groups is 3. The number of ketones is 2. The van der Waals surface area contributed by atoms with Crippen LogP contribution in [0.2, 0.25) is 0 Å². The Kier molecular flexibility index (Phi) is 3.98. The third-order valence-electron chi connectivity index (χ3n) is 1.84. The molecule has 0 aliphatic rings. The van der Waals surface area contributed by atoms with Crippen LogP contribution in [0.4, 0.5) is 0 Å². The molecule has 4 nitrogen and oxygen atoms in total. The van der Waals surface area contributed by atoms with Crippen molar-refractivity contribution in [3.8, 4) is 0 Å². The van der Waals surface area contributed by atoms with Gasteiger partial charge in [0.05, 0.1) is 7.11 Å². The van der Waals surface area contributed by atoms with E-state index >= 15 is 0 Å². The van der Waals surface area contributed by atoms with Crippen LogP contribution in [0.25, 0.3) is 0 Å². The summed E-state index contributed by atoms with van der Waals surface area (Å²) in [6.45, 7) is 6.20. The SMILES string of the molecule is COC(=O)C(C(C)=O)C(=O)C(C)(C)C. The summed E-state index contributed by atoms with van der Waals surface area (Å²) in [5, 5.41) is 0. The van der Waals surface area contributed by atoms with Gasteiger partial charge in [0.2, 0.25) is 0 Å². The maximum atomic E-state index is 11.7. The molecule has 0 radical (unpaired) electrons. The number of methoxy groups -OCH3 is 1. The van der Waals surface area contributed by atoms with E-state index in [1.165, 1.54) is 6.92 Å². The van der Waals surface area contributed by atoms with E-state index in [0.29, 0.717) is 0 Å². The van der Waals surface area contributed by atoms with Crippen molar-refractivity contribution in [1.82, 2.24) is 0 Å². The number of ether oxygens (including phenoxy) is 1. The van der Waals surface area contributed by atoms with Gasteiger partial charge in [-0.1, -0.05) is 20.8 Å². The standard InChI is InChI=1S/C10H16O4/c1-6(11)7(9(13)14-5)8(12)10(2,3)4/h7H,1-5H3. The van der Waals surface area contributed by atoms with E-state index in [9.17, 15) is 14.4 Å². The molecule has 0 rings (SSSR count). The Morgan fingerprint density at radius 2 is 1.57 bits per heavy atom. The van der Waals surface area contributed by atoms with Crippen LogP contribution < -0.4 is 0 Å². The molecule has 0 aromatic heterocycles. The highest BCUT2D eigenvalue weighted by Gasteiger charge is 2.38. The van der Waals surface area contributed by atoms with Crippen molar-refractivity contribution in [3.63, 3.8) is 0 Å². The van der Waals surface area contributed by atoms with E-state index in [2.05, 4.69) is 4.74 Å². The fraction of sp³-hybridized carbons (Fsp3) is 0.700. The summed E-state index contributed by atoms with van der Waals surface area (Å²) in [6.07, 6.45) is 0. The summed E-state index contributed by atoms with van der Waals surface area (Å²) in [5.74, 6) is -2.94. The van der Waals surface area contributed by atoms with Gasteiger partial charge < -0.3 is 4.74 Å². The van der Waals surface area contributed by atoms with E-state index in [-0.39, 0.29) is 0 Å². The largest absolute Gasteiger partial charge is 0.468 e. The third kappa shape index (κ3) is 2.94. The normalized spacial score (nSPS) is 13.2. The van der Waals surface area contributed by atoms with E-state index in [0.717, 1.165) is 7.11 Å². The second kappa shape index (κ2) is 4.35. The van der Waals surface area contributed by atoms with E-state index in [1.54, 1.807) is 20.8 Å². The van der Waals surface area contributed by atoms with E-state index < -0.39 is 28.9 Å². The molecular weight excluding hydrogens is 184 g/mol. The van der Waals surface area contributed by atoms with Gasteiger partial charge in [-0.15, -0.1) is 0 Å². The molecule has 0 bridgehead atoms. The van der Waals surface area contributed by atoms with Crippen molar-refractivity contribution in [2.45, 2.75) is 27.7 Å². The first kappa shape index (κ1) is 12.8. The lowest BCUT2D eigenvalue weighted by atomic mass is 9.81. The van der Waals surface area contributed by atoms with Crippen LogP contribution in [0.15, 0.2) is 0 Å². The minimum absolute atomic E-state index is 0.406. The molecule has 1 unspecified atom stereocenters. The highest BCUT2D eigenvalue weighted by atomic mass is 16.5. The maximum Gasteiger partial charge on any atom is 0.323 e. The van der Waals surface area contributed by atoms with Gasteiger partial charge in [-0.25, -0.2) is 0 Å². The molecule has 14 heavy (non-hydrogen) atoms. The molecular formula is C10H16O4. The average molecular weight is 200 g/mol. The molecule has 0 amide bonds. The summed E-state index contributed by atoms with van der Waals surface area (Å²) in [7, 11) is 1.16. The molecule has 0 saturated carbocycles. The molecule has 0 aromatic carbocycles. The lowest BCUT2D eigenvalue weighted by Gasteiger charge is -2.20. The van der Waals surface area contributed by atoms with Gasteiger partial charge in [0, 0.05) is 5.41 Å². The first-order valence-electron chi connectivity index (χ1n) is 4.34. The van der Waals surface area contributed by atoms with Crippen molar-refractivity contribution < 1.29 is 19.1 Å². The van der Waals surface area contributed by atoms with Crippen molar-refractivity contribution in [3.05, 3.63) is 0 Å². The molecule has 0 spiro atoms. The number of hydrogen-bond acceptors (Lipinski definition) is 4. The predicted molar refractivity (Wildman–Crippen MR) is 50.6 cm³/mol. The summed E-state index contributed by atoms with van der Waals surface area (Å²) >= 11 is 0. The van der Waals surface area contributed by atoms with Crippen LogP contribution in [0.1, 0.15) is 27.7 Å². The fourth-order valence-corrected chi connectivity index (χ4v) is 1.01. The van der Waals surface area contributed by atoms with Crippen molar-refractivity contribution >= 4 is 17.5 Å². The number of rotatable bonds is 3. The Balaban J connectivity index is 4.95. The maximum absolute atomic E-state index is 11.7. The van der Waals surface area contributed by atoms with Crippen LogP contribution in [-0.4, -0.2) is 24.6 Å². The van der Waals surface area contributed by atoms with Gasteiger partial charge in [0.15, 0.2) is 17.5 Å². The number of hydrogen-bond donors (Lipinski definition) is 0. The predicted octanol–water partition coefficient (Wildman–Crippen LogP) is 0.980. The highest BCUT2D eigenvalue weighted by Crippen LogP contribution is 2.21. The monoisotopic (exact) mass is 200 g/mol. The Morgan fingerprint density at radius 1 is 1.14 bits per heavy atom. The Morgan fingerprint density at radius 3 is 1.79 bits per heavy atom. The summed E-state index contributed by atoms with van der Waals surface area (Å²) < 4.78 is 4.41. The zero-order valence-corrected chi connectivity index (χ0v) is 9.21. The van der Waals surface area contributed by atoms with Gasteiger partial charge in [-0.2, -0.15) is 0 Å². The molecule has 0 fully saturated rings. The van der Waals surface area contributed by atoms with Crippen LogP contribution in [0.5, 0.6) is 0 Å². The second-order valence-corrected chi connectivity index (χ2v) is 4.18. The van der Waals surface area contributed by atoms with Crippen LogP contribution in [0, 0.1) is 11.3 Å². The van der Waals surface area contributed by atoms with E-state index in [1.807, 2.05) is 0 Å². The molecule has 80 valence electrons. The molecule has 0 saturated heterocycles. The molecule has 0 heterocycles. The summed E-state index contributed by atoms with van der Waals surface area (Å²) in [4.78, 5) is 34.0. The third-order valence-corrected chi connectivity index (χ3v) is 1.84. The molecule has 0 aromatic rings. The summed E-state index contributed by atoms with van der Waals surface area (Å²) in [6, 6.07) is 0. The van der Waals surface area contributed by atoms with Crippen LogP contribution in [-0.2, 0) is 19.1 Å². The molecule has 0 aliphatic carbocycles. The fourth-order valence-electron chi connectivity index (χ4n) is 1.01. The van der Waals surface area contributed by atoms with Crippen molar-refractivity contribution in [2.75, 3.05) is 7.11 Å². The smallest absolute Gasteiger partial charge is 0.323 e. The molecule has 0 N–H and O–H groups in total. The average Bonchev–Trinajstić information content (AvgIpc) is 2.01. The van der Waals surface area contributed by atoms with Gasteiger partial charge >= 0.3 is 5.97 Å².